The van der Waals surface area contributed by atoms with Crippen LogP contribution in [0, 0.1) is 0 Å². The first-order chi connectivity index (χ1) is 7.36. The summed E-state index contributed by atoms with van der Waals surface area (Å²) < 4.78 is 0. The van der Waals surface area contributed by atoms with Crippen LogP contribution in [0.4, 0.5) is 0 Å². The molecule has 0 bridgehead atoms. The van der Waals surface area contributed by atoms with Gasteiger partial charge in [-0.05, 0) is 16.8 Å². The van der Waals surface area contributed by atoms with E-state index in [1.165, 1.54) is 0 Å². The number of aromatic hydroxyl groups is 1. The fourth-order valence-corrected chi connectivity index (χ4v) is 1.99. The van der Waals surface area contributed by atoms with Gasteiger partial charge in [-0.25, -0.2) is 0 Å². The minimum atomic E-state index is 0. The molecule has 0 amide bonds. The van der Waals surface area contributed by atoms with Crippen LogP contribution in [0.25, 0.3) is 21.5 Å². The van der Waals surface area contributed by atoms with E-state index in [4.69, 9.17) is 0 Å². The Kier molecular flexibility index (Phi) is 3.20. The molecule has 16 heavy (non-hydrogen) atoms. The molecule has 0 heterocycles. The molecule has 0 spiro atoms. The fourth-order valence-electron chi connectivity index (χ4n) is 1.99. The van der Waals surface area contributed by atoms with Gasteiger partial charge in [-0.2, -0.15) is 0 Å². The van der Waals surface area contributed by atoms with E-state index in [2.05, 4.69) is 6.07 Å². The molecule has 0 aliphatic carbocycles. The van der Waals surface area contributed by atoms with Crippen LogP contribution in [0.1, 0.15) is 1.43 Å². The van der Waals surface area contributed by atoms with Crippen molar-refractivity contribution in [1.82, 2.24) is 0 Å². The van der Waals surface area contributed by atoms with Gasteiger partial charge in [0.2, 0.25) is 0 Å². The van der Waals surface area contributed by atoms with E-state index in [9.17, 15) is 5.11 Å². The summed E-state index contributed by atoms with van der Waals surface area (Å²) in [5.74, 6) is 0.378. The molecule has 1 N–H and O–H groups in total. The molecule has 2 heteroatoms. The van der Waals surface area contributed by atoms with Crippen LogP contribution in [0.5, 0.6) is 5.75 Å². The van der Waals surface area contributed by atoms with Crippen LogP contribution in [-0.2, 0) is 0 Å². The SMILES string of the molecule is Oc1c2ccccc2cc2ccccc12.[H-].[Na+]. The second-order valence-electron chi connectivity index (χ2n) is 3.67. The zero-order valence-corrected chi connectivity index (χ0v) is 11.1. The molecule has 0 saturated carbocycles. The van der Waals surface area contributed by atoms with Crippen LogP contribution in [0.3, 0.4) is 0 Å². The summed E-state index contributed by atoms with van der Waals surface area (Å²) in [6.45, 7) is 0. The summed E-state index contributed by atoms with van der Waals surface area (Å²) in [6.07, 6.45) is 0. The molecule has 0 atom stereocenters. The van der Waals surface area contributed by atoms with Crippen LogP contribution in [0.2, 0.25) is 0 Å². The predicted octanol–water partition coefficient (Wildman–Crippen LogP) is 0.815. The van der Waals surface area contributed by atoms with E-state index in [1.54, 1.807) is 0 Å². The Morgan fingerprint density at radius 2 is 1.19 bits per heavy atom. The topological polar surface area (TPSA) is 20.2 Å². The zero-order valence-electron chi connectivity index (χ0n) is 10.1. The van der Waals surface area contributed by atoms with Crippen LogP contribution < -0.4 is 29.6 Å². The van der Waals surface area contributed by atoms with Gasteiger partial charge in [-0.3, -0.25) is 0 Å². The smallest absolute Gasteiger partial charge is 1.00 e. The third-order valence-electron chi connectivity index (χ3n) is 2.74. The van der Waals surface area contributed by atoms with Crippen molar-refractivity contribution in [2.24, 2.45) is 0 Å². The Morgan fingerprint density at radius 1 is 0.750 bits per heavy atom. The van der Waals surface area contributed by atoms with E-state index in [0.717, 1.165) is 21.5 Å². The molecule has 3 aromatic rings. The van der Waals surface area contributed by atoms with Gasteiger partial charge in [-0.1, -0.05) is 48.5 Å². The standard InChI is InChI=1S/C14H10O.Na.H/c15-14-12-7-3-1-5-10(12)9-11-6-2-4-8-13(11)14;;/h1-9,15H;;/q;+1;-1. The van der Waals surface area contributed by atoms with Crippen molar-refractivity contribution < 1.29 is 36.1 Å². The molecule has 74 valence electrons. The zero-order chi connectivity index (χ0) is 10.3. The Hall–Kier alpha value is -1.02. The Labute approximate surface area is 117 Å². The molecule has 0 aliphatic heterocycles. The average Bonchev–Trinajstić information content (AvgIpc) is 2.30. The Bertz CT molecular complexity index is 598. The van der Waals surface area contributed by atoms with Crippen LogP contribution in [-0.4, -0.2) is 5.11 Å². The molecule has 3 aromatic carbocycles. The maximum Gasteiger partial charge on any atom is 1.00 e. The van der Waals surface area contributed by atoms with Gasteiger partial charge in [0.1, 0.15) is 5.75 Å². The number of hydrogen-bond acceptors (Lipinski definition) is 1. The monoisotopic (exact) mass is 218 g/mol. The summed E-state index contributed by atoms with van der Waals surface area (Å²) in [7, 11) is 0. The molecule has 0 aromatic heterocycles. The maximum atomic E-state index is 10.1. The summed E-state index contributed by atoms with van der Waals surface area (Å²) in [4.78, 5) is 0. The molecule has 3 rings (SSSR count). The van der Waals surface area contributed by atoms with Gasteiger partial charge in [0.15, 0.2) is 0 Å². The minimum absolute atomic E-state index is 0. The predicted molar refractivity (Wildman–Crippen MR) is 64.2 cm³/mol. The first-order valence-corrected chi connectivity index (χ1v) is 4.96. The summed E-state index contributed by atoms with van der Waals surface area (Å²) in [6, 6.07) is 17.9. The van der Waals surface area contributed by atoms with E-state index in [0.29, 0.717) is 5.75 Å². The van der Waals surface area contributed by atoms with E-state index in [-0.39, 0.29) is 31.0 Å². The van der Waals surface area contributed by atoms with Gasteiger partial charge in [0, 0.05) is 10.8 Å². The minimum Gasteiger partial charge on any atom is -1.00 e. The van der Waals surface area contributed by atoms with Gasteiger partial charge in [0.25, 0.3) is 0 Å². The molecule has 0 saturated heterocycles. The van der Waals surface area contributed by atoms with Crippen molar-refractivity contribution in [3.8, 4) is 5.75 Å². The summed E-state index contributed by atoms with van der Waals surface area (Å²) in [5.41, 5.74) is 0. The largest absolute Gasteiger partial charge is 1.00 e. The third kappa shape index (κ3) is 1.71. The quantitative estimate of drug-likeness (QED) is 0.437. The fraction of sp³-hybridized carbons (Fsp3) is 0. The first-order valence-electron chi connectivity index (χ1n) is 4.96. The molecular formula is C14H11NaO. The number of phenolic OH excluding ortho intramolecular Hbond substituents is 1. The molecular weight excluding hydrogens is 207 g/mol. The first kappa shape index (κ1) is 11.5. The van der Waals surface area contributed by atoms with Crippen LogP contribution >= 0.6 is 0 Å². The van der Waals surface area contributed by atoms with Gasteiger partial charge >= 0.3 is 29.6 Å². The van der Waals surface area contributed by atoms with Crippen molar-refractivity contribution in [2.45, 2.75) is 0 Å². The molecule has 0 aliphatic rings. The maximum absolute atomic E-state index is 10.1. The number of phenols is 1. The summed E-state index contributed by atoms with van der Waals surface area (Å²) in [5, 5.41) is 14.1. The molecule has 0 fully saturated rings. The Balaban J connectivity index is 0.000000722. The molecule has 0 unspecified atom stereocenters. The van der Waals surface area contributed by atoms with Gasteiger partial charge in [0.05, 0.1) is 0 Å². The van der Waals surface area contributed by atoms with Crippen molar-refractivity contribution >= 4 is 21.5 Å². The van der Waals surface area contributed by atoms with E-state index < -0.39 is 0 Å². The van der Waals surface area contributed by atoms with Crippen molar-refractivity contribution in [3.05, 3.63) is 54.6 Å². The number of rotatable bonds is 0. The van der Waals surface area contributed by atoms with Crippen molar-refractivity contribution in [1.29, 1.82) is 0 Å². The van der Waals surface area contributed by atoms with Gasteiger partial charge in [-0.15, -0.1) is 0 Å². The normalized spacial score (nSPS) is 10.2. The Morgan fingerprint density at radius 3 is 1.69 bits per heavy atom. The number of hydrogen-bond donors (Lipinski definition) is 1. The molecule has 0 radical (unpaired) electrons. The van der Waals surface area contributed by atoms with E-state index >= 15 is 0 Å². The summed E-state index contributed by atoms with van der Waals surface area (Å²) >= 11 is 0. The second kappa shape index (κ2) is 4.46. The molecule has 1 nitrogen and oxygen atoms in total. The average molecular weight is 218 g/mol. The van der Waals surface area contributed by atoms with E-state index in [1.807, 2.05) is 48.5 Å². The van der Waals surface area contributed by atoms with Crippen molar-refractivity contribution in [3.63, 3.8) is 0 Å². The van der Waals surface area contributed by atoms with Gasteiger partial charge < -0.3 is 6.53 Å². The second-order valence-corrected chi connectivity index (χ2v) is 3.67. The van der Waals surface area contributed by atoms with Crippen molar-refractivity contribution in [2.75, 3.05) is 0 Å². The third-order valence-corrected chi connectivity index (χ3v) is 2.74. The van der Waals surface area contributed by atoms with Crippen LogP contribution in [0.15, 0.2) is 54.6 Å². The number of benzene rings is 3. The number of fused-ring (bicyclic) bond motifs is 2.